The van der Waals surface area contributed by atoms with E-state index in [0.29, 0.717) is 5.02 Å². The normalized spacial score (nSPS) is 20.9. The van der Waals surface area contributed by atoms with Gasteiger partial charge in [0, 0.05) is 23.7 Å². The molecule has 2 nitrogen and oxygen atoms in total. The standard InChI is InChI=1S/C13H18ClNO/c1-2-15-9-7-13(16,8-10-15)11-5-3-4-6-12(11)14/h3-6,16H,2,7-10H2,1H3. The van der Waals surface area contributed by atoms with E-state index >= 15 is 0 Å². The Hall–Kier alpha value is -0.570. The van der Waals surface area contributed by atoms with Crippen molar-refractivity contribution < 1.29 is 5.11 Å². The zero-order valence-corrected chi connectivity index (χ0v) is 10.4. The molecule has 1 aromatic carbocycles. The molecule has 0 saturated carbocycles. The molecule has 2 rings (SSSR count). The molecule has 0 amide bonds. The van der Waals surface area contributed by atoms with E-state index < -0.39 is 5.60 Å². The van der Waals surface area contributed by atoms with Crippen molar-refractivity contribution >= 4 is 11.6 Å². The predicted octanol–water partition coefficient (Wildman–Crippen LogP) is 2.64. The second kappa shape index (κ2) is 4.74. The third-order valence-electron chi connectivity index (χ3n) is 3.51. The van der Waals surface area contributed by atoms with Crippen LogP contribution in [0.5, 0.6) is 0 Å². The van der Waals surface area contributed by atoms with Gasteiger partial charge in [-0.25, -0.2) is 0 Å². The molecule has 1 saturated heterocycles. The van der Waals surface area contributed by atoms with Gasteiger partial charge in [-0.15, -0.1) is 0 Å². The van der Waals surface area contributed by atoms with Gasteiger partial charge in [-0.1, -0.05) is 36.7 Å². The first-order valence-electron chi connectivity index (χ1n) is 5.85. The second-order valence-electron chi connectivity index (χ2n) is 4.45. The van der Waals surface area contributed by atoms with E-state index in [1.807, 2.05) is 24.3 Å². The maximum atomic E-state index is 10.6. The average molecular weight is 240 g/mol. The molecule has 0 unspecified atom stereocenters. The van der Waals surface area contributed by atoms with Crippen molar-refractivity contribution in [3.05, 3.63) is 34.9 Å². The number of benzene rings is 1. The minimum atomic E-state index is -0.732. The molecule has 1 heterocycles. The number of nitrogens with zero attached hydrogens (tertiary/aromatic N) is 1. The molecule has 88 valence electrons. The summed E-state index contributed by atoms with van der Waals surface area (Å²) in [6, 6.07) is 7.62. The maximum Gasteiger partial charge on any atom is 0.0935 e. The van der Waals surface area contributed by atoms with E-state index in [2.05, 4.69) is 11.8 Å². The van der Waals surface area contributed by atoms with Crippen molar-refractivity contribution in [3.8, 4) is 0 Å². The molecule has 3 heteroatoms. The first kappa shape index (κ1) is 11.9. The molecule has 1 aliphatic rings. The lowest BCUT2D eigenvalue weighted by atomic mass is 9.84. The van der Waals surface area contributed by atoms with Crippen LogP contribution in [0.25, 0.3) is 0 Å². The van der Waals surface area contributed by atoms with Crippen LogP contribution in [0.3, 0.4) is 0 Å². The summed E-state index contributed by atoms with van der Waals surface area (Å²) < 4.78 is 0. The highest BCUT2D eigenvalue weighted by Crippen LogP contribution is 2.36. The van der Waals surface area contributed by atoms with E-state index in [4.69, 9.17) is 11.6 Å². The van der Waals surface area contributed by atoms with Gasteiger partial charge >= 0.3 is 0 Å². The highest BCUT2D eigenvalue weighted by molar-refractivity contribution is 6.31. The number of likely N-dealkylation sites (tertiary alicyclic amines) is 1. The van der Waals surface area contributed by atoms with Crippen LogP contribution in [0.1, 0.15) is 25.3 Å². The van der Waals surface area contributed by atoms with Gasteiger partial charge in [0.25, 0.3) is 0 Å². The summed E-state index contributed by atoms with van der Waals surface area (Å²) in [6.07, 6.45) is 1.54. The lowest BCUT2D eigenvalue weighted by Crippen LogP contribution is -2.42. The number of hydrogen-bond donors (Lipinski definition) is 1. The lowest BCUT2D eigenvalue weighted by molar-refractivity contribution is -0.0246. The zero-order chi connectivity index (χ0) is 11.6. The minimum Gasteiger partial charge on any atom is -0.385 e. The zero-order valence-electron chi connectivity index (χ0n) is 9.62. The first-order chi connectivity index (χ1) is 7.65. The highest BCUT2D eigenvalue weighted by Gasteiger charge is 2.34. The van der Waals surface area contributed by atoms with Crippen LogP contribution in [0.2, 0.25) is 5.02 Å². The summed E-state index contributed by atoms with van der Waals surface area (Å²) in [4.78, 5) is 2.35. The largest absolute Gasteiger partial charge is 0.385 e. The van der Waals surface area contributed by atoms with Crippen LogP contribution >= 0.6 is 11.6 Å². The molecule has 16 heavy (non-hydrogen) atoms. The molecule has 1 aromatic rings. The Balaban J connectivity index is 2.18. The summed E-state index contributed by atoms with van der Waals surface area (Å²) >= 11 is 6.14. The van der Waals surface area contributed by atoms with E-state index in [1.165, 1.54) is 0 Å². The highest BCUT2D eigenvalue weighted by atomic mass is 35.5. The van der Waals surface area contributed by atoms with Gasteiger partial charge in [-0.2, -0.15) is 0 Å². The van der Waals surface area contributed by atoms with Crippen molar-refractivity contribution in [2.24, 2.45) is 0 Å². The Labute approximate surface area is 102 Å². The lowest BCUT2D eigenvalue weighted by Gasteiger charge is -2.38. The molecule has 0 spiro atoms. The van der Waals surface area contributed by atoms with Crippen molar-refractivity contribution in [1.29, 1.82) is 0 Å². The Morgan fingerprint density at radius 2 is 1.94 bits per heavy atom. The van der Waals surface area contributed by atoms with Crippen molar-refractivity contribution in [2.75, 3.05) is 19.6 Å². The summed E-state index contributed by atoms with van der Waals surface area (Å²) in [5.74, 6) is 0. The van der Waals surface area contributed by atoms with E-state index in [0.717, 1.165) is 38.0 Å². The number of halogens is 1. The Morgan fingerprint density at radius 1 is 1.31 bits per heavy atom. The summed E-state index contributed by atoms with van der Waals surface area (Å²) in [7, 11) is 0. The summed E-state index contributed by atoms with van der Waals surface area (Å²) in [5, 5.41) is 11.3. The quantitative estimate of drug-likeness (QED) is 0.858. The fourth-order valence-electron chi connectivity index (χ4n) is 2.35. The Bertz CT molecular complexity index is 359. The first-order valence-corrected chi connectivity index (χ1v) is 6.23. The predicted molar refractivity (Wildman–Crippen MR) is 66.7 cm³/mol. The molecule has 0 bridgehead atoms. The third kappa shape index (κ3) is 2.24. The van der Waals surface area contributed by atoms with Crippen LogP contribution in [0, 0.1) is 0 Å². The van der Waals surface area contributed by atoms with Crippen LogP contribution in [-0.4, -0.2) is 29.6 Å². The summed E-state index contributed by atoms with van der Waals surface area (Å²) in [6.45, 7) is 5.09. The van der Waals surface area contributed by atoms with Crippen LogP contribution in [0.15, 0.2) is 24.3 Å². The molecule has 0 aliphatic carbocycles. The van der Waals surface area contributed by atoms with Crippen molar-refractivity contribution in [3.63, 3.8) is 0 Å². The van der Waals surface area contributed by atoms with Crippen molar-refractivity contribution in [1.82, 2.24) is 4.90 Å². The number of hydrogen-bond acceptors (Lipinski definition) is 2. The topological polar surface area (TPSA) is 23.5 Å². The van der Waals surface area contributed by atoms with Crippen molar-refractivity contribution in [2.45, 2.75) is 25.4 Å². The van der Waals surface area contributed by atoms with Crippen LogP contribution < -0.4 is 0 Å². The maximum absolute atomic E-state index is 10.6. The van der Waals surface area contributed by atoms with Gasteiger partial charge in [-0.3, -0.25) is 0 Å². The molecule has 0 aromatic heterocycles. The summed E-state index contributed by atoms with van der Waals surface area (Å²) in [5.41, 5.74) is 0.150. The molecular formula is C13H18ClNO. The number of aliphatic hydroxyl groups is 1. The van der Waals surface area contributed by atoms with Gasteiger partial charge in [0.15, 0.2) is 0 Å². The van der Waals surface area contributed by atoms with Gasteiger partial charge in [0.05, 0.1) is 5.60 Å². The van der Waals surface area contributed by atoms with E-state index in [1.54, 1.807) is 0 Å². The molecule has 0 radical (unpaired) electrons. The molecule has 1 N–H and O–H groups in total. The molecule has 1 aliphatic heterocycles. The van der Waals surface area contributed by atoms with Gasteiger partial charge in [-0.05, 0) is 25.5 Å². The van der Waals surface area contributed by atoms with Crippen LogP contribution in [0.4, 0.5) is 0 Å². The average Bonchev–Trinajstić information content (AvgIpc) is 2.30. The molecular weight excluding hydrogens is 222 g/mol. The Morgan fingerprint density at radius 3 is 2.50 bits per heavy atom. The van der Waals surface area contributed by atoms with Crippen LogP contribution in [-0.2, 0) is 5.60 Å². The molecule has 0 atom stereocenters. The fourth-order valence-corrected chi connectivity index (χ4v) is 2.66. The Kier molecular flexibility index (Phi) is 3.53. The van der Waals surface area contributed by atoms with E-state index in [-0.39, 0.29) is 0 Å². The van der Waals surface area contributed by atoms with Gasteiger partial charge in [0.2, 0.25) is 0 Å². The van der Waals surface area contributed by atoms with E-state index in [9.17, 15) is 5.11 Å². The SMILES string of the molecule is CCN1CCC(O)(c2ccccc2Cl)CC1. The monoisotopic (exact) mass is 239 g/mol. The fraction of sp³-hybridized carbons (Fsp3) is 0.538. The van der Waals surface area contributed by atoms with Gasteiger partial charge in [0.1, 0.15) is 0 Å². The van der Waals surface area contributed by atoms with Gasteiger partial charge < -0.3 is 10.0 Å². The smallest absolute Gasteiger partial charge is 0.0935 e. The number of piperidine rings is 1. The minimum absolute atomic E-state index is 0.676. The third-order valence-corrected chi connectivity index (χ3v) is 3.84. The molecule has 1 fully saturated rings. The second-order valence-corrected chi connectivity index (χ2v) is 4.85. The number of rotatable bonds is 2.